The van der Waals surface area contributed by atoms with Crippen LogP contribution in [0, 0.1) is 12.8 Å². The lowest BCUT2D eigenvalue weighted by molar-refractivity contribution is -0.150. The maximum atomic E-state index is 13.2. The maximum Gasteiger partial charge on any atom is 0.312 e. The summed E-state index contributed by atoms with van der Waals surface area (Å²) in [5.41, 5.74) is 8.60. The van der Waals surface area contributed by atoms with E-state index in [9.17, 15) is 9.59 Å². The van der Waals surface area contributed by atoms with Crippen LogP contribution in [0.25, 0.3) is 10.9 Å². The Labute approximate surface area is 194 Å². The van der Waals surface area contributed by atoms with Gasteiger partial charge in [0, 0.05) is 22.4 Å². The molecule has 5 rings (SSSR count). The molecule has 0 aliphatic carbocycles. The number of aromatic nitrogens is 2. The third-order valence-electron chi connectivity index (χ3n) is 5.79. The molecule has 2 aromatic carbocycles. The lowest BCUT2D eigenvalue weighted by Gasteiger charge is -2.27. The maximum absolute atomic E-state index is 13.2. The Morgan fingerprint density at radius 3 is 2.67 bits per heavy atom. The van der Waals surface area contributed by atoms with E-state index in [-0.39, 0.29) is 18.9 Å². The van der Waals surface area contributed by atoms with Crippen LogP contribution in [0.2, 0.25) is 0 Å². The van der Waals surface area contributed by atoms with E-state index in [1.807, 2.05) is 73.0 Å². The number of ether oxygens (including phenoxy) is 1. The number of nitrogen functional groups attached to an aromatic ring is 1. The molecular weight excluding hydrogens is 436 g/mol. The van der Waals surface area contributed by atoms with E-state index >= 15 is 0 Å². The highest BCUT2D eigenvalue weighted by Gasteiger charge is 2.46. The van der Waals surface area contributed by atoms with Crippen LogP contribution in [-0.4, -0.2) is 21.8 Å². The van der Waals surface area contributed by atoms with E-state index < -0.39 is 17.9 Å². The fraction of sp³-hybridized carbons (Fsp3) is 0.200. The van der Waals surface area contributed by atoms with Crippen molar-refractivity contribution >= 4 is 45.6 Å². The summed E-state index contributed by atoms with van der Waals surface area (Å²) >= 11 is 1.52. The normalized spacial score (nSPS) is 18.1. The number of carbonyl (C=O) groups is 2. The lowest BCUT2D eigenvalue weighted by atomic mass is 9.99. The predicted octanol–water partition coefficient (Wildman–Crippen LogP) is 4.42. The first-order chi connectivity index (χ1) is 16.0. The molecule has 3 heterocycles. The van der Waals surface area contributed by atoms with Gasteiger partial charge in [0.05, 0.1) is 17.5 Å². The van der Waals surface area contributed by atoms with Crippen molar-refractivity contribution in [1.82, 2.24) is 9.97 Å². The van der Waals surface area contributed by atoms with Gasteiger partial charge in [-0.25, -0.2) is 9.97 Å². The number of hydrogen-bond donors (Lipinski definition) is 1. The molecule has 4 aromatic rings. The standard InChI is InChI=1S/C25H22N4O3S/c1-15-8-10-16(11-9-15)29-22(30)13-18(23(29)20-7-4-12-33-20)25(31)32-14-21-27-19-6-3-2-5-17(19)24(26)28-21/h2-12,18,23H,13-14H2,1H3,(H2,26,27,28)/t18-,23-/m1/s1. The Kier molecular flexibility index (Phi) is 5.51. The van der Waals surface area contributed by atoms with E-state index in [0.717, 1.165) is 21.5 Å². The van der Waals surface area contributed by atoms with Crippen molar-refractivity contribution in [2.75, 3.05) is 10.6 Å². The molecule has 0 bridgehead atoms. The zero-order chi connectivity index (χ0) is 22.9. The zero-order valence-corrected chi connectivity index (χ0v) is 18.8. The smallest absolute Gasteiger partial charge is 0.312 e. The van der Waals surface area contributed by atoms with Gasteiger partial charge < -0.3 is 15.4 Å². The van der Waals surface area contributed by atoms with Gasteiger partial charge >= 0.3 is 5.97 Å². The van der Waals surface area contributed by atoms with E-state index in [2.05, 4.69) is 9.97 Å². The summed E-state index contributed by atoms with van der Waals surface area (Å²) in [6.07, 6.45) is 0.0794. The average molecular weight is 459 g/mol. The summed E-state index contributed by atoms with van der Waals surface area (Å²) in [7, 11) is 0. The highest BCUT2D eigenvalue weighted by molar-refractivity contribution is 7.10. The largest absolute Gasteiger partial charge is 0.457 e. The first kappa shape index (κ1) is 21.1. The molecule has 1 aliphatic rings. The molecule has 1 fully saturated rings. The van der Waals surface area contributed by atoms with Crippen molar-refractivity contribution in [2.45, 2.75) is 26.0 Å². The van der Waals surface area contributed by atoms with Gasteiger partial charge in [0.2, 0.25) is 5.91 Å². The van der Waals surface area contributed by atoms with Crippen molar-refractivity contribution in [3.8, 4) is 0 Å². The molecule has 2 N–H and O–H groups in total. The Morgan fingerprint density at radius 2 is 1.91 bits per heavy atom. The number of amides is 1. The van der Waals surface area contributed by atoms with Crippen molar-refractivity contribution < 1.29 is 14.3 Å². The monoisotopic (exact) mass is 458 g/mol. The second kappa shape index (κ2) is 8.63. The predicted molar refractivity (Wildman–Crippen MR) is 128 cm³/mol. The minimum Gasteiger partial charge on any atom is -0.457 e. The number of rotatable bonds is 5. The van der Waals surface area contributed by atoms with Crippen LogP contribution in [0.4, 0.5) is 11.5 Å². The minimum atomic E-state index is -0.629. The molecule has 0 spiro atoms. The second-order valence-electron chi connectivity index (χ2n) is 8.02. The zero-order valence-electron chi connectivity index (χ0n) is 18.0. The van der Waals surface area contributed by atoms with E-state index in [1.165, 1.54) is 11.3 Å². The molecule has 2 atom stereocenters. The highest BCUT2D eigenvalue weighted by atomic mass is 32.1. The Balaban J connectivity index is 1.40. The fourth-order valence-electron chi connectivity index (χ4n) is 4.20. The summed E-state index contributed by atoms with van der Waals surface area (Å²) in [5, 5.41) is 2.69. The molecule has 7 nitrogen and oxygen atoms in total. The SMILES string of the molecule is Cc1ccc(N2C(=O)C[C@@H](C(=O)OCc3nc(N)c4ccccc4n3)[C@@H]2c2cccs2)cc1. The molecular formula is C25H22N4O3S. The van der Waals surface area contributed by atoms with Crippen molar-refractivity contribution in [2.24, 2.45) is 5.92 Å². The second-order valence-corrected chi connectivity index (χ2v) is 9.00. The molecule has 0 unspecified atom stereocenters. The van der Waals surface area contributed by atoms with Gasteiger partial charge in [-0.3, -0.25) is 9.59 Å². The number of fused-ring (bicyclic) bond motifs is 1. The van der Waals surface area contributed by atoms with Gasteiger partial charge in [0.1, 0.15) is 5.82 Å². The Hall–Kier alpha value is -3.78. The van der Waals surface area contributed by atoms with Crippen molar-refractivity contribution in [3.05, 3.63) is 82.3 Å². The van der Waals surface area contributed by atoms with Crippen LogP contribution in [0.1, 0.15) is 28.7 Å². The van der Waals surface area contributed by atoms with Crippen LogP contribution in [0.15, 0.2) is 66.0 Å². The van der Waals surface area contributed by atoms with Gasteiger partial charge in [-0.1, -0.05) is 35.9 Å². The number of anilines is 2. The van der Waals surface area contributed by atoms with E-state index in [1.54, 1.807) is 4.90 Å². The number of aryl methyl sites for hydroxylation is 1. The van der Waals surface area contributed by atoms with Gasteiger partial charge in [-0.05, 0) is 42.6 Å². The molecule has 0 saturated carbocycles. The molecule has 1 aliphatic heterocycles. The first-order valence-electron chi connectivity index (χ1n) is 10.6. The minimum absolute atomic E-state index is 0.0794. The molecule has 33 heavy (non-hydrogen) atoms. The van der Waals surface area contributed by atoms with Gasteiger partial charge in [-0.15, -0.1) is 11.3 Å². The number of para-hydroxylation sites is 1. The number of benzene rings is 2. The number of nitrogens with two attached hydrogens (primary N) is 1. The number of nitrogens with zero attached hydrogens (tertiary/aromatic N) is 3. The number of esters is 1. The van der Waals surface area contributed by atoms with Gasteiger partial charge in [0.25, 0.3) is 0 Å². The van der Waals surface area contributed by atoms with Gasteiger partial charge in [0.15, 0.2) is 12.4 Å². The summed E-state index contributed by atoms with van der Waals surface area (Å²) < 4.78 is 5.60. The lowest BCUT2D eigenvalue weighted by Crippen LogP contribution is -2.30. The molecule has 0 radical (unpaired) electrons. The number of hydrogen-bond acceptors (Lipinski definition) is 7. The van der Waals surface area contributed by atoms with Crippen LogP contribution in [0.3, 0.4) is 0 Å². The van der Waals surface area contributed by atoms with Crippen LogP contribution >= 0.6 is 11.3 Å². The summed E-state index contributed by atoms with van der Waals surface area (Å²) in [4.78, 5) is 37.6. The van der Waals surface area contributed by atoms with Crippen LogP contribution < -0.4 is 10.6 Å². The molecule has 166 valence electrons. The quantitative estimate of drug-likeness (QED) is 0.445. The van der Waals surface area contributed by atoms with Gasteiger partial charge in [-0.2, -0.15) is 0 Å². The topological polar surface area (TPSA) is 98.4 Å². The Bertz CT molecular complexity index is 1320. The highest BCUT2D eigenvalue weighted by Crippen LogP contribution is 2.43. The van der Waals surface area contributed by atoms with Crippen LogP contribution in [0.5, 0.6) is 0 Å². The van der Waals surface area contributed by atoms with Crippen LogP contribution in [-0.2, 0) is 20.9 Å². The molecule has 2 aromatic heterocycles. The van der Waals surface area contributed by atoms with E-state index in [4.69, 9.17) is 10.5 Å². The van der Waals surface area contributed by atoms with Crippen molar-refractivity contribution in [3.63, 3.8) is 0 Å². The number of carbonyl (C=O) groups excluding carboxylic acids is 2. The number of thiophene rings is 1. The average Bonchev–Trinajstić information content (AvgIpc) is 3.46. The molecule has 1 saturated heterocycles. The fourth-order valence-corrected chi connectivity index (χ4v) is 5.08. The van der Waals surface area contributed by atoms with E-state index in [0.29, 0.717) is 17.2 Å². The summed E-state index contributed by atoms with van der Waals surface area (Å²) in [5.74, 6) is -0.524. The summed E-state index contributed by atoms with van der Waals surface area (Å²) in [6.45, 7) is 1.88. The Morgan fingerprint density at radius 1 is 1.12 bits per heavy atom. The third kappa shape index (κ3) is 4.05. The summed E-state index contributed by atoms with van der Waals surface area (Å²) in [6, 6.07) is 18.6. The molecule has 1 amide bonds. The first-order valence-corrected chi connectivity index (χ1v) is 11.5. The van der Waals surface area contributed by atoms with Crippen molar-refractivity contribution in [1.29, 1.82) is 0 Å². The molecule has 8 heteroatoms. The third-order valence-corrected chi connectivity index (χ3v) is 6.74.